The van der Waals surface area contributed by atoms with Crippen LogP contribution in [0.2, 0.25) is 5.02 Å². The van der Waals surface area contributed by atoms with Crippen molar-refractivity contribution in [2.75, 3.05) is 0 Å². The Morgan fingerprint density at radius 2 is 2.05 bits per heavy atom. The van der Waals surface area contributed by atoms with Crippen LogP contribution in [-0.2, 0) is 24.4 Å². The number of carboxylic acids is 1. The first-order chi connectivity index (χ1) is 18.4. The van der Waals surface area contributed by atoms with Crippen LogP contribution in [-0.4, -0.2) is 45.9 Å². The fourth-order valence-corrected chi connectivity index (χ4v) is 4.88. The van der Waals surface area contributed by atoms with Crippen LogP contribution in [0.3, 0.4) is 0 Å². The van der Waals surface area contributed by atoms with Gasteiger partial charge in [0.2, 0.25) is 0 Å². The van der Waals surface area contributed by atoms with Crippen LogP contribution in [0.5, 0.6) is 0 Å². The summed E-state index contributed by atoms with van der Waals surface area (Å²) in [5.74, 6) is -1.36. The first-order valence-corrected chi connectivity index (χ1v) is 12.6. The van der Waals surface area contributed by atoms with Gasteiger partial charge in [0.25, 0.3) is 5.91 Å². The van der Waals surface area contributed by atoms with Gasteiger partial charge >= 0.3 is 5.97 Å². The van der Waals surface area contributed by atoms with Crippen molar-refractivity contribution in [3.05, 3.63) is 82.5 Å². The van der Waals surface area contributed by atoms with E-state index in [-0.39, 0.29) is 29.2 Å². The lowest BCUT2D eigenvalue weighted by molar-refractivity contribution is -0.137. The molecular formula is C26H23ClFN7O3. The van der Waals surface area contributed by atoms with E-state index in [4.69, 9.17) is 11.6 Å². The molecule has 4 aromatic heterocycles. The van der Waals surface area contributed by atoms with Crippen molar-refractivity contribution in [1.82, 2.24) is 34.3 Å². The maximum atomic E-state index is 14.5. The zero-order valence-corrected chi connectivity index (χ0v) is 20.9. The molecule has 0 spiro atoms. The number of aliphatic carboxylic acids is 1. The highest BCUT2D eigenvalue weighted by molar-refractivity contribution is 6.31. The molecule has 1 saturated carbocycles. The van der Waals surface area contributed by atoms with Gasteiger partial charge in [0.1, 0.15) is 5.52 Å². The van der Waals surface area contributed by atoms with Gasteiger partial charge in [-0.1, -0.05) is 22.9 Å². The maximum absolute atomic E-state index is 14.5. The first-order valence-electron chi connectivity index (χ1n) is 12.2. The minimum Gasteiger partial charge on any atom is -0.481 e. The fourth-order valence-electron chi connectivity index (χ4n) is 4.73. The van der Waals surface area contributed by atoms with Crippen molar-refractivity contribution in [3.8, 4) is 0 Å². The Kier molecular flexibility index (Phi) is 6.07. The minimum atomic E-state index is -0.875. The van der Waals surface area contributed by atoms with Gasteiger partial charge < -0.3 is 19.4 Å². The molecule has 0 atom stereocenters. The number of aromatic nitrogens is 6. The van der Waals surface area contributed by atoms with Crippen molar-refractivity contribution < 1.29 is 19.1 Å². The lowest BCUT2D eigenvalue weighted by Gasteiger charge is -2.10. The van der Waals surface area contributed by atoms with Crippen LogP contribution < -0.4 is 5.32 Å². The molecule has 0 radical (unpaired) electrons. The number of pyridine rings is 1. The SMILES string of the molecule is O=C(O)CCn1c(Cn2cc(C(=O)NCc3ncn4ccc(Cl)c(F)c34)nn2)cc2cc(C3CC3)ccc21. The molecule has 38 heavy (non-hydrogen) atoms. The first kappa shape index (κ1) is 24.1. The standard InChI is InChI=1S/C26H23ClFN7O3/c27-19-5-7-33-14-30-20(25(33)24(19)28)11-29-26(38)21-13-34(32-31-21)12-18-10-17-9-16(15-1-2-15)3-4-22(17)35(18)8-6-23(36)37/h3-5,7,9-10,13-15H,1-2,6,8,11-12H2,(H,29,38)(H,36,37). The molecular weight excluding hydrogens is 513 g/mol. The van der Waals surface area contributed by atoms with Crippen LogP contribution in [0, 0.1) is 5.82 Å². The second-order valence-electron chi connectivity index (χ2n) is 9.43. The van der Waals surface area contributed by atoms with E-state index in [9.17, 15) is 19.1 Å². The van der Waals surface area contributed by atoms with Gasteiger partial charge in [0.05, 0.1) is 42.8 Å². The monoisotopic (exact) mass is 535 g/mol. The van der Waals surface area contributed by atoms with Crippen LogP contribution >= 0.6 is 11.6 Å². The summed E-state index contributed by atoms with van der Waals surface area (Å²) in [6.45, 7) is 0.604. The number of fused-ring (bicyclic) bond motifs is 2. The number of hydrogen-bond acceptors (Lipinski definition) is 5. The summed E-state index contributed by atoms with van der Waals surface area (Å²) >= 11 is 5.89. The van der Waals surface area contributed by atoms with Gasteiger partial charge in [-0.3, -0.25) is 9.59 Å². The summed E-state index contributed by atoms with van der Waals surface area (Å²) in [6, 6.07) is 9.79. The number of nitrogens with zero attached hydrogens (tertiary/aromatic N) is 6. The third-order valence-electron chi connectivity index (χ3n) is 6.79. The summed E-state index contributed by atoms with van der Waals surface area (Å²) in [5, 5.41) is 21.0. The molecule has 5 aromatic rings. The number of rotatable bonds is 9. The molecule has 1 aliphatic rings. The van der Waals surface area contributed by atoms with Crippen LogP contribution in [0.25, 0.3) is 16.4 Å². The second kappa shape index (κ2) is 9.56. The summed E-state index contributed by atoms with van der Waals surface area (Å²) < 4.78 is 19.5. The average Bonchev–Trinajstić information content (AvgIpc) is 3.35. The Hall–Kier alpha value is -4.25. The number of hydrogen-bond donors (Lipinski definition) is 2. The van der Waals surface area contributed by atoms with E-state index in [0.717, 1.165) is 16.6 Å². The Balaban J connectivity index is 1.20. The zero-order valence-electron chi connectivity index (χ0n) is 20.1. The average molecular weight is 536 g/mol. The van der Waals surface area contributed by atoms with Gasteiger partial charge in [-0.05, 0) is 48.6 Å². The molecule has 0 unspecified atom stereocenters. The van der Waals surface area contributed by atoms with Gasteiger partial charge in [-0.25, -0.2) is 14.1 Å². The highest BCUT2D eigenvalue weighted by atomic mass is 35.5. The molecule has 0 bridgehead atoms. The van der Waals surface area contributed by atoms with Crippen LogP contribution in [0.4, 0.5) is 4.39 Å². The van der Waals surface area contributed by atoms with E-state index in [2.05, 4.69) is 32.7 Å². The van der Waals surface area contributed by atoms with Crippen molar-refractivity contribution >= 4 is 39.9 Å². The molecule has 1 aromatic carbocycles. The molecule has 1 amide bonds. The number of carbonyl (C=O) groups is 2. The molecule has 6 rings (SSSR count). The number of imidazole rings is 1. The van der Waals surface area contributed by atoms with Crippen molar-refractivity contribution in [2.45, 2.75) is 44.8 Å². The summed E-state index contributed by atoms with van der Waals surface area (Å²) in [5.41, 5.74) is 3.74. The number of benzene rings is 1. The third kappa shape index (κ3) is 4.60. The smallest absolute Gasteiger partial charge is 0.305 e. The van der Waals surface area contributed by atoms with Crippen molar-refractivity contribution in [3.63, 3.8) is 0 Å². The lowest BCUT2D eigenvalue weighted by Crippen LogP contribution is -2.23. The van der Waals surface area contributed by atoms with Gasteiger partial charge in [-0.2, -0.15) is 0 Å². The lowest BCUT2D eigenvalue weighted by atomic mass is 10.1. The number of carbonyl (C=O) groups excluding carboxylic acids is 1. The number of aryl methyl sites for hydroxylation is 1. The minimum absolute atomic E-state index is 0.0132. The number of carboxylic acid groups (broad SMARTS) is 1. The normalized spacial score (nSPS) is 13.4. The highest BCUT2D eigenvalue weighted by Gasteiger charge is 2.24. The van der Waals surface area contributed by atoms with E-state index in [0.29, 0.717) is 24.7 Å². The third-order valence-corrected chi connectivity index (χ3v) is 7.08. The van der Waals surface area contributed by atoms with Crippen LogP contribution in [0.15, 0.2) is 49.1 Å². The molecule has 0 aliphatic heterocycles. The number of halogens is 2. The quantitative estimate of drug-likeness (QED) is 0.294. The van der Waals surface area contributed by atoms with E-state index >= 15 is 0 Å². The Morgan fingerprint density at radius 3 is 2.84 bits per heavy atom. The fraction of sp³-hybridized carbons (Fsp3) is 0.269. The molecule has 0 saturated heterocycles. The number of amides is 1. The van der Waals surface area contributed by atoms with Gasteiger partial charge in [0, 0.05) is 29.3 Å². The van der Waals surface area contributed by atoms with Gasteiger partial charge in [-0.15, -0.1) is 5.10 Å². The molecule has 1 fully saturated rings. The molecule has 2 N–H and O–H groups in total. The zero-order chi connectivity index (χ0) is 26.4. The highest BCUT2D eigenvalue weighted by Crippen LogP contribution is 2.41. The molecule has 10 nitrogen and oxygen atoms in total. The van der Waals surface area contributed by atoms with E-state index < -0.39 is 17.7 Å². The number of nitrogens with one attached hydrogen (secondary N) is 1. The maximum Gasteiger partial charge on any atom is 0.305 e. The summed E-state index contributed by atoms with van der Waals surface area (Å²) in [4.78, 5) is 28.2. The van der Waals surface area contributed by atoms with E-state index in [1.54, 1.807) is 6.20 Å². The van der Waals surface area contributed by atoms with Gasteiger partial charge in [0.15, 0.2) is 11.5 Å². The molecule has 194 valence electrons. The largest absolute Gasteiger partial charge is 0.481 e. The molecule has 4 heterocycles. The molecule has 12 heteroatoms. The Bertz CT molecular complexity index is 1700. The van der Waals surface area contributed by atoms with E-state index in [1.165, 1.54) is 46.1 Å². The summed E-state index contributed by atoms with van der Waals surface area (Å²) in [6.07, 6.45) is 6.94. The van der Waals surface area contributed by atoms with Crippen molar-refractivity contribution in [1.29, 1.82) is 0 Å². The summed E-state index contributed by atoms with van der Waals surface area (Å²) in [7, 11) is 0. The van der Waals surface area contributed by atoms with Crippen LogP contribution in [0.1, 0.15) is 52.6 Å². The second-order valence-corrected chi connectivity index (χ2v) is 9.84. The van der Waals surface area contributed by atoms with Crippen molar-refractivity contribution in [2.24, 2.45) is 0 Å². The predicted octanol–water partition coefficient (Wildman–Crippen LogP) is 4.00. The predicted molar refractivity (Wildman–Crippen MR) is 137 cm³/mol. The topological polar surface area (TPSA) is 119 Å². The molecule has 1 aliphatic carbocycles. The van der Waals surface area contributed by atoms with E-state index in [1.807, 2.05) is 16.7 Å². The Labute approximate surface area is 220 Å². The Morgan fingerprint density at radius 1 is 1.21 bits per heavy atom.